The lowest BCUT2D eigenvalue weighted by atomic mass is 10.1. The zero-order valence-electron chi connectivity index (χ0n) is 25.8. The Balaban J connectivity index is 1.26. The summed E-state index contributed by atoms with van der Waals surface area (Å²) < 4.78 is 10.7. The third kappa shape index (κ3) is 9.46. The Hall–Kier alpha value is -3.06. The average Bonchev–Trinajstić information content (AvgIpc) is 2.97. The van der Waals surface area contributed by atoms with Crippen LogP contribution in [0.25, 0.3) is 12.2 Å². The third-order valence-corrected chi connectivity index (χ3v) is 8.34. The summed E-state index contributed by atoms with van der Waals surface area (Å²) in [5.74, 6) is -0.500. The van der Waals surface area contributed by atoms with E-state index in [-0.39, 0.29) is 39.7 Å². The Morgan fingerprint density at radius 1 is 0.791 bits per heavy atom. The van der Waals surface area contributed by atoms with E-state index in [1.54, 1.807) is 40.5 Å². The summed E-state index contributed by atoms with van der Waals surface area (Å²) in [4.78, 5) is 29.5. The largest absolute Gasteiger partial charge is 0.329 e. The second kappa shape index (κ2) is 14.6. The minimum Gasteiger partial charge on any atom is -0.329 e. The summed E-state index contributed by atoms with van der Waals surface area (Å²) in [5, 5.41) is 20.9. The van der Waals surface area contributed by atoms with E-state index in [1.165, 1.54) is 12.2 Å². The number of nitrogens with zero attached hydrogens (tertiary/aromatic N) is 4. The number of allylic oxidation sites excluding steroid dienone is 2. The maximum Gasteiger partial charge on any atom is 0.235 e. The molecule has 2 saturated heterocycles. The number of hydroxylamine groups is 6. The molecule has 0 bridgehead atoms. The highest BCUT2D eigenvalue weighted by Crippen LogP contribution is 2.20. The van der Waals surface area contributed by atoms with Gasteiger partial charge in [-0.2, -0.15) is 9.29 Å². The number of hydrogen-bond acceptors (Lipinski definition) is 8. The topological polar surface area (TPSA) is 99.5 Å². The Morgan fingerprint density at radius 3 is 1.60 bits per heavy atom. The van der Waals surface area contributed by atoms with Crippen LogP contribution in [0.15, 0.2) is 60.7 Å². The number of methoxy groups -OCH3 is 2. The first kappa shape index (κ1) is 32.8. The Labute approximate surface area is 254 Å². The van der Waals surface area contributed by atoms with E-state index in [4.69, 9.17) is 9.47 Å². The number of hydrogen-bond donors (Lipinski definition) is 2. The molecule has 0 saturated carbocycles. The molecule has 43 heavy (non-hydrogen) atoms. The highest BCUT2D eigenvalue weighted by atomic mass is 16.6. The van der Waals surface area contributed by atoms with Crippen molar-refractivity contribution in [3.8, 4) is 0 Å². The number of ether oxygens (including phenoxy) is 2. The molecule has 10 heteroatoms. The van der Waals surface area contributed by atoms with Crippen molar-refractivity contribution < 1.29 is 38.8 Å². The van der Waals surface area contributed by atoms with Crippen LogP contribution in [0.1, 0.15) is 28.7 Å². The van der Waals surface area contributed by atoms with Gasteiger partial charge in [0.15, 0.2) is 11.6 Å². The van der Waals surface area contributed by atoms with Crippen LogP contribution in [0.3, 0.4) is 0 Å². The summed E-state index contributed by atoms with van der Waals surface area (Å²) >= 11 is 0. The molecular formula is C33H46N4O6+2. The molecule has 2 N–H and O–H groups in total. The van der Waals surface area contributed by atoms with Crippen molar-refractivity contribution in [1.82, 2.24) is 9.80 Å². The van der Waals surface area contributed by atoms with E-state index in [9.17, 15) is 20.0 Å². The number of quaternary nitrogens is 2. The first-order valence-electron chi connectivity index (χ1n) is 14.7. The minimum absolute atomic E-state index is 0.141. The van der Waals surface area contributed by atoms with E-state index >= 15 is 0 Å². The number of rotatable bonds is 12. The van der Waals surface area contributed by atoms with Crippen LogP contribution in [0.2, 0.25) is 0 Å². The Bertz CT molecular complexity index is 1220. The molecule has 2 aliphatic rings. The summed E-state index contributed by atoms with van der Waals surface area (Å²) in [5.41, 5.74) is 3.98. The second-order valence-corrected chi connectivity index (χ2v) is 12.0. The quantitative estimate of drug-likeness (QED) is 0.220. The standard InChI is InChI=1S/C33H46N4O6/c1-36(40)17-15-34(24-32(36)42-3)22-28-9-5-7-26(19-28)11-13-30(38)21-31(39)14-12-27-8-6-10-29(20-27)23-35-16-18-37(2,41)33(25-35)43-4/h5-14,19-20,32-33,40-41H,15-18,21-25H2,1-4H3/q+2. The zero-order chi connectivity index (χ0) is 31.0. The van der Waals surface area contributed by atoms with Crippen LogP contribution in [-0.4, -0.2) is 121 Å². The van der Waals surface area contributed by atoms with Crippen LogP contribution in [0, 0.1) is 0 Å². The molecular weight excluding hydrogens is 548 g/mol. The SMILES string of the molecule is COC1CN(Cc2cccc(C=CC(=O)CC(=O)C=Cc3cccc(CN4CC[N+](C)(O)C(OC)C4)c3)c2)CC[N+]1(C)O. The van der Waals surface area contributed by atoms with E-state index < -0.39 is 0 Å². The van der Waals surface area contributed by atoms with Gasteiger partial charge in [-0.1, -0.05) is 60.7 Å². The molecule has 0 aliphatic carbocycles. The molecule has 2 aromatic rings. The molecule has 4 unspecified atom stereocenters. The molecule has 0 spiro atoms. The van der Waals surface area contributed by atoms with Gasteiger partial charge in [0.2, 0.25) is 12.5 Å². The molecule has 0 radical (unpaired) electrons. The van der Waals surface area contributed by atoms with Gasteiger partial charge in [0.05, 0.1) is 32.6 Å². The number of carbonyl (C=O) groups excluding carboxylic acids is 2. The van der Waals surface area contributed by atoms with Crippen molar-refractivity contribution in [2.45, 2.75) is 32.0 Å². The molecule has 4 atom stereocenters. The van der Waals surface area contributed by atoms with Crippen LogP contribution >= 0.6 is 0 Å². The number of piperazine rings is 2. The monoisotopic (exact) mass is 594 g/mol. The maximum absolute atomic E-state index is 12.5. The molecule has 0 aromatic heterocycles. The Kier molecular flexibility index (Phi) is 11.2. The van der Waals surface area contributed by atoms with Crippen molar-refractivity contribution in [2.75, 3.05) is 67.6 Å². The number of ketones is 2. The van der Waals surface area contributed by atoms with Crippen molar-refractivity contribution in [2.24, 2.45) is 0 Å². The molecule has 4 rings (SSSR count). The van der Waals surface area contributed by atoms with Crippen molar-refractivity contribution in [3.05, 3.63) is 82.9 Å². The normalized spacial score (nSPS) is 27.2. The smallest absolute Gasteiger partial charge is 0.235 e. The van der Waals surface area contributed by atoms with Crippen LogP contribution in [0.5, 0.6) is 0 Å². The van der Waals surface area contributed by atoms with Crippen LogP contribution in [0.4, 0.5) is 0 Å². The summed E-state index contributed by atoms with van der Waals surface area (Å²) in [6, 6.07) is 15.9. The highest BCUT2D eigenvalue weighted by Gasteiger charge is 2.39. The predicted octanol–water partition coefficient (Wildman–Crippen LogP) is 3.19. The molecule has 10 nitrogen and oxygen atoms in total. The fourth-order valence-electron chi connectivity index (χ4n) is 5.62. The average molecular weight is 595 g/mol. The van der Waals surface area contributed by atoms with Gasteiger partial charge in [-0.3, -0.25) is 19.4 Å². The van der Waals surface area contributed by atoms with Crippen LogP contribution < -0.4 is 0 Å². The van der Waals surface area contributed by atoms with Gasteiger partial charge in [0.25, 0.3) is 0 Å². The van der Waals surface area contributed by atoms with Crippen LogP contribution in [-0.2, 0) is 32.2 Å². The zero-order valence-corrected chi connectivity index (χ0v) is 25.8. The summed E-state index contributed by atoms with van der Waals surface area (Å²) in [6.45, 7) is 5.35. The molecule has 2 fully saturated rings. The summed E-state index contributed by atoms with van der Waals surface area (Å²) in [7, 11) is 6.75. The van der Waals surface area contributed by atoms with E-state index in [1.807, 2.05) is 48.5 Å². The third-order valence-electron chi connectivity index (χ3n) is 8.34. The van der Waals surface area contributed by atoms with Gasteiger partial charge in [-0.25, -0.2) is 10.4 Å². The van der Waals surface area contributed by atoms with Gasteiger partial charge >= 0.3 is 0 Å². The van der Waals surface area contributed by atoms with Crippen molar-refractivity contribution in [3.63, 3.8) is 0 Å². The highest BCUT2D eigenvalue weighted by molar-refractivity contribution is 6.10. The number of likely N-dealkylation sites (N-methyl/N-ethyl adjacent to an activating group) is 2. The Morgan fingerprint density at radius 2 is 1.21 bits per heavy atom. The maximum atomic E-state index is 12.5. The molecule has 2 aromatic carbocycles. The molecule has 2 aliphatic heterocycles. The van der Waals surface area contributed by atoms with Gasteiger partial charge in [-0.05, 0) is 34.4 Å². The fraction of sp³-hybridized carbons (Fsp3) is 0.455. The lowest BCUT2D eigenvalue weighted by molar-refractivity contribution is -1.12. The molecule has 232 valence electrons. The van der Waals surface area contributed by atoms with E-state index in [0.717, 1.165) is 35.3 Å². The first-order valence-corrected chi connectivity index (χ1v) is 14.7. The van der Waals surface area contributed by atoms with Crippen molar-refractivity contribution >= 4 is 23.7 Å². The number of carbonyl (C=O) groups is 2. The van der Waals surface area contributed by atoms with Gasteiger partial charge in [0, 0.05) is 27.3 Å². The van der Waals surface area contributed by atoms with Gasteiger partial charge < -0.3 is 9.47 Å². The minimum atomic E-state index is -0.298. The van der Waals surface area contributed by atoms with Gasteiger partial charge in [-0.15, -0.1) is 0 Å². The van der Waals surface area contributed by atoms with E-state index in [0.29, 0.717) is 39.3 Å². The summed E-state index contributed by atoms with van der Waals surface area (Å²) in [6.07, 6.45) is 5.62. The first-order chi connectivity index (χ1) is 20.5. The van der Waals surface area contributed by atoms with Crippen molar-refractivity contribution in [1.29, 1.82) is 0 Å². The molecule has 2 heterocycles. The fourth-order valence-corrected chi connectivity index (χ4v) is 5.62. The lowest BCUT2D eigenvalue weighted by Gasteiger charge is -2.41. The predicted molar refractivity (Wildman–Crippen MR) is 163 cm³/mol. The second-order valence-electron chi connectivity index (χ2n) is 12.0. The van der Waals surface area contributed by atoms with Gasteiger partial charge in [0.1, 0.15) is 27.2 Å². The number of benzene rings is 2. The van der Waals surface area contributed by atoms with E-state index in [2.05, 4.69) is 9.80 Å². The lowest BCUT2D eigenvalue weighted by Crippen LogP contribution is -2.62. The molecule has 0 amide bonds.